The lowest BCUT2D eigenvalue weighted by atomic mass is 9.93. The number of nitrogens with zero attached hydrogens (tertiary/aromatic N) is 1. The van der Waals surface area contributed by atoms with E-state index in [2.05, 4.69) is 76.4 Å². The molecule has 7 nitrogen and oxygen atoms in total. The van der Waals surface area contributed by atoms with Crippen molar-refractivity contribution in [1.82, 2.24) is 15.5 Å². The van der Waals surface area contributed by atoms with Crippen LogP contribution in [0, 0.1) is 23.7 Å². The van der Waals surface area contributed by atoms with Crippen LogP contribution in [0.15, 0.2) is 12.2 Å². The summed E-state index contributed by atoms with van der Waals surface area (Å²) in [6.07, 6.45) is 9.78. The van der Waals surface area contributed by atoms with E-state index >= 15 is 0 Å². The summed E-state index contributed by atoms with van der Waals surface area (Å²) in [4.78, 5) is 42.5. The van der Waals surface area contributed by atoms with Gasteiger partial charge in [0.15, 0.2) is 0 Å². The number of nitrogens with one attached hydrogen (secondary N) is 2. The summed E-state index contributed by atoms with van der Waals surface area (Å²) in [5, 5.41) is 6.53. The average Bonchev–Trinajstić information content (AvgIpc) is 3.17. The van der Waals surface area contributed by atoms with E-state index in [0.717, 1.165) is 45.2 Å². The minimum atomic E-state index is -1.01. The molecule has 0 bridgehead atoms. The molecule has 3 heterocycles. The van der Waals surface area contributed by atoms with Crippen molar-refractivity contribution >= 4 is 101 Å². The lowest BCUT2D eigenvalue weighted by molar-refractivity contribution is -0.145. The average molecular weight is 711 g/mol. The fraction of sp³-hybridized carbons (Fsp3) is 0.762. The van der Waals surface area contributed by atoms with E-state index in [1.165, 1.54) is 0 Å². The molecule has 0 aromatic rings. The van der Waals surface area contributed by atoms with Crippen LogP contribution in [0.25, 0.3) is 0 Å². The second kappa shape index (κ2) is 16.5. The summed E-state index contributed by atoms with van der Waals surface area (Å²) >= 11 is 0. The predicted molar refractivity (Wildman–Crippen MR) is 189 cm³/mol. The standard InChI is InChI=1S/C21H37N3O4P6.H6P4/c1-13-7-5-3-2-4-6-8-15-9-21(15,20(27)28-33(32-29)34(30)31)23-18(25)17-16-11-22-10-14(16)12-24(17)19(13)26;1-4(2)3/h6,8,13-17,22,32H,2-5,7,9-12,29-31H2,1H3,(H,23,25);1-3H2/b8-6-;/t13-,14-,15+,16-,17-,21+,33?;/m0./s1. The Morgan fingerprint density at radius 3 is 2.53 bits per heavy atom. The molecule has 0 spiro atoms. The molecule has 4 aliphatic rings. The van der Waals surface area contributed by atoms with Gasteiger partial charge in [0.1, 0.15) is 19.1 Å². The SMILES string of the molecule is C[C@H]1CCCCC/C=C\[C@@H]2C[C@@]2(C(=O)OP(PP)P(P)P)NC(=O)[C@@H]2[C@H]3CNC[C@H]3CN2C1=O.PP(P)P. The van der Waals surface area contributed by atoms with Crippen molar-refractivity contribution in [2.45, 2.75) is 57.0 Å². The normalized spacial score (nSPS) is 35.4. The molecule has 14 atom stereocenters. The Hall–Kier alpha value is 2.41. The van der Waals surface area contributed by atoms with Crippen molar-refractivity contribution in [3.05, 3.63) is 12.2 Å². The van der Waals surface area contributed by atoms with Crippen molar-refractivity contribution < 1.29 is 18.9 Å². The van der Waals surface area contributed by atoms with Crippen LogP contribution in [0.5, 0.6) is 0 Å². The number of carbonyl (C=O) groups excluding carboxylic acids is 3. The zero-order chi connectivity index (χ0) is 28.0. The predicted octanol–water partition coefficient (Wildman–Crippen LogP) is 6.20. The Labute approximate surface area is 246 Å². The highest BCUT2D eigenvalue weighted by atomic mass is 32.9. The highest BCUT2D eigenvalue weighted by Gasteiger charge is 2.63. The Morgan fingerprint density at radius 1 is 1.16 bits per heavy atom. The van der Waals surface area contributed by atoms with E-state index in [0.29, 0.717) is 20.9 Å². The van der Waals surface area contributed by atoms with Crippen molar-refractivity contribution in [3.8, 4) is 0 Å². The molecule has 3 fully saturated rings. The van der Waals surface area contributed by atoms with Gasteiger partial charge >= 0.3 is 5.97 Å². The van der Waals surface area contributed by atoms with Crippen LogP contribution in [0.2, 0.25) is 0 Å². The fourth-order valence-corrected chi connectivity index (χ4v) is 24.4. The van der Waals surface area contributed by atoms with E-state index in [4.69, 9.17) is 4.52 Å². The summed E-state index contributed by atoms with van der Waals surface area (Å²) in [6, 6.07) is -0.527. The molecule has 2 N–H and O–H groups in total. The Balaban J connectivity index is 0.000000934. The quantitative estimate of drug-likeness (QED) is 0.268. The molecule has 8 unspecified atom stereocenters. The summed E-state index contributed by atoms with van der Waals surface area (Å²) < 4.78 is 5.98. The third kappa shape index (κ3) is 9.21. The first-order valence-electron chi connectivity index (χ1n) is 12.8. The van der Waals surface area contributed by atoms with Crippen LogP contribution in [0.4, 0.5) is 0 Å². The van der Waals surface area contributed by atoms with Crippen LogP contribution in [-0.2, 0) is 18.9 Å². The first-order chi connectivity index (χ1) is 18.0. The van der Waals surface area contributed by atoms with Gasteiger partial charge in [0.2, 0.25) is 11.8 Å². The van der Waals surface area contributed by atoms with Gasteiger partial charge in [0.25, 0.3) is 0 Å². The number of allylic oxidation sites excluding steroid dienone is 1. The van der Waals surface area contributed by atoms with E-state index in [9.17, 15) is 14.4 Å². The molecule has 0 aromatic heterocycles. The van der Waals surface area contributed by atoms with Gasteiger partial charge in [-0.25, -0.2) is 4.79 Å². The van der Waals surface area contributed by atoms with Crippen molar-refractivity contribution in [2.24, 2.45) is 23.7 Å². The van der Waals surface area contributed by atoms with Gasteiger partial charge in [-0.3, -0.25) is 9.59 Å². The molecule has 2 amide bonds. The maximum atomic E-state index is 13.8. The Kier molecular flexibility index (Phi) is 15.1. The number of fused-ring (bicyclic) bond motifs is 4. The Bertz CT molecular complexity index is 881. The first-order valence-corrected chi connectivity index (χ1v) is 29.2. The summed E-state index contributed by atoms with van der Waals surface area (Å²) in [5.41, 5.74) is -1.01. The summed E-state index contributed by atoms with van der Waals surface area (Å²) in [6.45, 7) is 3.75. The highest BCUT2D eigenvalue weighted by molar-refractivity contribution is 8.86. The van der Waals surface area contributed by atoms with E-state index in [-0.39, 0.29) is 48.4 Å². The van der Waals surface area contributed by atoms with Crippen LogP contribution in [-0.4, -0.2) is 53.9 Å². The maximum Gasteiger partial charge on any atom is 0.335 e. The van der Waals surface area contributed by atoms with Gasteiger partial charge in [-0.15, -0.1) is 35.7 Å². The third-order valence-corrected chi connectivity index (χ3v) is 26.2. The maximum absolute atomic E-state index is 13.8. The van der Waals surface area contributed by atoms with Crippen molar-refractivity contribution in [3.63, 3.8) is 0 Å². The van der Waals surface area contributed by atoms with Gasteiger partial charge in [-0.05, 0) is 46.5 Å². The number of hydrogen-bond donors (Lipinski definition) is 2. The van der Waals surface area contributed by atoms with Crippen LogP contribution >= 0.6 is 83.0 Å². The fourth-order valence-electron chi connectivity index (χ4n) is 5.58. The molecule has 4 rings (SSSR count). The summed E-state index contributed by atoms with van der Waals surface area (Å²) in [7, 11) is 15.7. The smallest absolute Gasteiger partial charge is 0.335 e. The molecule has 1 saturated carbocycles. The van der Waals surface area contributed by atoms with Gasteiger partial charge in [-0.2, -0.15) is 0 Å². The summed E-state index contributed by atoms with van der Waals surface area (Å²) in [5.74, 6) is -0.209. The highest BCUT2D eigenvalue weighted by Crippen LogP contribution is 2.89. The number of hydrogen-bond acceptors (Lipinski definition) is 5. The minimum Gasteiger partial charge on any atom is -0.433 e. The van der Waals surface area contributed by atoms with Crippen LogP contribution < -0.4 is 10.6 Å². The second-order valence-corrected chi connectivity index (χ2v) is 39.4. The third-order valence-electron chi connectivity index (χ3n) is 7.63. The van der Waals surface area contributed by atoms with Crippen LogP contribution in [0.1, 0.15) is 45.4 Å². The van der Waals surface area contributed by atoms with Crippen LogP contribution in [0.3, 0.4) is 0 Å². The molecule has 3 aliphatic heterocycles. The molecule has 0 radical (unpaired) electrons. The molecular formula is C21H43N3O4P10. The van der Waals surface area contributed by atoms with E-state index < -0.39 is 26.1 Å². The zero-order valence-electron chi connectivity index (χ0n) is 21.8. The van der Waals surface area contributed by atoms with Gasteiger partial charge < -0.3 is 20.1 Å². The molecule has 38 heavy (non-hydrogen) atoms. The topological polar surface area (TPSA) is 87.7 Å². The zero-order valence-corrected chi connectivity index (χ0v) is 32.4. The monoisotopic (exact) mass is 711 g/mol. The molecule has 0 aromatic carbocycles. The van der Waals surface area contributed by atoms with Gasteiger partial charge in [0, 0.05) is 44.4 Å². The van der Waals surface area contributed by atoms with Crippen molar-refractivity contribution in [2.75, 3.05) is 19.6 Å². The van der Waals surface area contributed by atoms with E-state index in [1.54, 1.807) is 0 Å². The molecule has 2 saturated heterocycles. The first kappa shape index (κ1) is 34.9. The Morgan fingerprint density at radius 2 is 1.87 bits per heavy atom. The molecule has 216 valence electrons. The van der Waals surface area contributed by atoms with Gasteiger partial charge in [-0.1, -0.05) is 49.8 Å². The minimum absolute atomic E-state index is 0.0546. The number of amides is 2. The van der Waals surface area contributed by atoms with Gasteiger partial charge in [0.05, 0.1) is 0 Å². The second-order valence-electron chi connectivity index (χ2n) is 10.4. The molecule has 17 heteroatoms. The molecular weight excluding hydrogens is 668 g/mol. The largest absolute Gasteiger partial charge is 0.433 e. The number of rotatable bonds is 4. The number of carbonyl (C=O) groups is 3. The lowest BCUT2D eigenvalue weighted by Crippen LogP contribution is -2.56. The molecule has 1 aliphatic carbocycles. The lowest BCUT2D eigenvalue weighted by Gasteiger charge is -2.31. The van der Waals surface area contributed by atoms with E-state index in [1.807, 2.05) is 11.8 Å². The van der Waals surface area contributed by atoms with Crippen molar-refractivity contribution in [1.29, 1.82) is 0 Å².